The van der Waals surface area contributed by atoms with Gasteiger partial charge in [-0.05, 0) is 12.3 Å². The largest absolute Gasteiger partial charge is 0.481 e. The van der Waals surface area contributed by atoms with Gasteiger partial charge in [0.1, 0.15) is 10.8 Å². The zero-order valence-corrected chi connectivity index (χ0v) is 16.8. The summed E-state index contributed by atoms with van der Waals surface area (Å²) >= 11 is 4.77. The van der Waals surface area contributed by atoms with Crippen molar-refractivity contribution in [3.05, 3.63) is 0 Å². The Morgan fingerprint density at radius 1 is 0.800 bits per heavy atom. The summed E-state index contributed by atoms with van der Waals surface area (Å²) in [5.41, 5.74) is 0. The van der Waals surface area contributed by atoms with Crippen molar-refractivity contribution in [3.8, 4) is 0 Å². The van der Waals surface area contributed by atoms with E-state index >= 15 is 0 Å². The second-order valence-corrected chi connectivity index (χ2v) is 7.58. The third-order valence-electron chi connectivity index (χ3n) is 4.84. The average Bonchev–Trinajstić information content (AvgIpc) is 2.55. The Hall–Kier alpha value is -0.970. The molecule has 0 aliphatic carbocycles. The van der Waals surface area contributed by atoms with Crippen LogP contribution in [0.3, 0.4) is 0 Å². The van der Waals surface area contributed by atoms with Crippen LogP contribution in [-0.4, -0.2) is 27.0 Å². The van der Waals surface area contributed by atoms with Gasteiger partial charge in [-0.15, -0.1) is 0 Å². The van der Waals surface area contributed by atoms with Crippen LogP contribution in [0.25, 0.3) is 0 Å². The first kappa shape index (κ1) is 24.0. The number of unbranched alkanes of at least 4 members (excludes halogenated alkanes) is 11. The van der Waals surface area contributed by atoms with Crippen LogP contribution in [0.15, 0.2) is 0 Å². The Labute approximate surface area is 158 Å². The Morgan fingerprint density at radius 2 is 1.20 bits per heavy atom. The van der Waals surface area contributed by atoms with E-state index in [1.54, 1.807) is 6.92 Å². The monoisotopic (exact) mass is 372 g/mol. The molecule has 0 bridgehead atoms. The normalized spacial score (nSPS) is 13.4. The van der Waals surface area contributed by atoms with Crippen molar-refractivity contribution >= 4 is 29.0 Å². The van der Waals surface area contributed by atoms with E-state index < -0.39 is 17.9 Å². The number of hydrogen-bond donors (Lipinski definition) is 2. The zero-order chi connectivity index (χ0) is 19.1. The van der Waals surface area contributed by atoms with Crippen LogP contribution >= 0.6 is 12.2 Å². The molecular formula is C20H36O4S. The molecule has 0 saturated carbocycles. The van der Waals surface area contributed by atoms with Gasteiger partial charge in [-0.25, -0.2) is 4.79 Å². The van der Waals surface area contributed by atoms with Crippen molar-refractivity contribution in [2.24, 2.45) is 11.8 Å². The van der Waals surface area contributed by atoms with E-state index in [2.05, 4.69) is 6.92 Å². The molecule has 25 heavy (non-hydrogen) atoms. The molecule has 0 aliphatic heterocycles. The lowest BCUT2D eigenvalue weighted by Gasteiger charge is -2.19. The highest BCUT2D eigenvalue weighted by Gasteiger charge is 2.32. The smallest absolute Gasteiger partial charge is 0.343 e. The van der Waals surface area contributed by atoms with Crippen LogP contribution in [0.5, 0.6) is 0 Å². The van der Waals surface area contributed by atoms with Crippen molar-refractivity contribution in [1.82, 2.24) is 0 Å². The molecule has 0 aromatic rings. The molecule has 0 aliphatic rings. The van der Waals surface area contributed by atoms with Gasteiger partial charge in [0.25, 0.3) is 0 Å². The van der Waals surface area contributed by atoms with E-state index in [9.17, 15) is 14.7 Å². The number of aliphatic carboxylic acids is 2. The van der Waals surface area contributed by atoms with Crippen molar-refractivity contribution in [3.63, 3.8) is 0 Å². The summed E-state index contributed by atoms with van der Waals surface area (Å²) in [4.78, 5) is 21.8. The Bertz CT molecular complexity index is 395. The second kappa shape index (κ2) is 15.3. The first-order valence-corrected chi connectivity index (χ1v) is 10.3. The molecule has 0 aromatic heterocycles. The quantitative estimate of drug-likeness (QED) is 0.247. The van der Waals surface area contributed by atoms with E-state index in [1.807, 2.05) is 0 Å². The van der Waals surface area contributed by atoms with Gasteiger partial charge >= 0.3 is 11.9 Å². The maximum absolute atomic E-state index is 11.3. The predicted octanol–water partition coefficient (Wildman–Crippen LogP) is 5.87. The van der Waals surface area contributed by atoms with Crippen molar-refractivity contribution in [2.45, 2.75) is 97.3 Å². The fraction of sp³-hybridized carbons (Fsp3) is 0.850. The number of carboxylic acid groups (broad SMARTS) is 2. The van der Waals surface area contributed by atoms with Gasteiger partial charge in [0.05, 0.1) is 0 Å². The average molecular weight is 373 g/mol. The molecular weight excluding hydrogens is 336 g/mol. The van der Waals surface area contributed by atoms with E-state index in [0.717, 1.165) is 12.8 Å². The Balaban J connectivity index is 3.68. The molecule has 0 fully saturated rings. The molecule has 0 heterocycles. The lowest BCUT2D eigenvalue weighted by molar-refractivity contribution is -0.142. The third-order valence-corrected chi connectivity index (χ3v) is 5.27. The van der Waals surface area contributed by atoms with Crippen LogP contribution in [0.1, 0.15) is 97.3 Å². The lowest BCUT2D eigenvalue weighted by Crippen LogP contribution is -2.33. The molecule has 0 radical (unpaired) electrons. The van der Waals surface area contributed by atoms with Crippen LogP contribution in [0, 0.1) is 11.8 Å². The zero-order valence-electron chi connectivity index (χ0n) is 16.0. The highest BCUT2D eigenvalue weighted by atomic mass is 32.1. The molecule has 2 atom stereocenters. The molecule has 0 amide bonds. The lowest BCUT2D eigenvalue weighted by atomic mass is 9.86. The Morgan fingerprint density at radius 3 is 1.56 bits per heavy atom. The van der Waals surface area contributed by atoms with Crippen molar-refractivity contribution < 1.29 is 19.8 Å². The summed E-state index contributed by atoms with van der Waals surface area (Å²) in [6, 6.07) is 0. The van der Waals surface area contributed by atoms with E-state index in [4.69, 9.17) is 17.3 Å². The fourth-order valence-corrected chi connectivity index (χ4v) is 3.55. The van der Waals surface area contributed by atoms with Crippen LogP contribution < -0.4 is 0 Å². The highest BCUT2D eigenvalue weighted by Crippen LogP contribution is 2.22. The molecule has 2 N–H and O–H groups in total. The molecule has 2 unspecified atom stereocenters. The summed E-state index contributed by atoms with van der Waals surface area (Å²) in [5.74, 6) is -3.70. The van der Waals surface area contributed by atoms with Crippen LogP contribution in [0.2, 0.25) is 0 Å². The number of carboxylic acids is 2. The highest BCUT2D eigenvalue weighted by molar-refractivity contribution is 7.82. The van der Waals surface area contributed by atoms with Gasteiger partial charge in [-0.1, -0.05) is 103 Å². The van der Waals surface area contributed by atoms with Gasteiger partial charge in [-0.3, -0.25) is 4.79 Å². The maximum atomic E-state index is 11.3. The topological polar surface area (TPSA) is 74.6 Å². The minimum Gasteiger partial charge on any atom is -0.481 e. The first-order valence-electron chi connectivity index (χ1n) is 9.91. The van der Waals surface area contributed by atoms with E-state index in [0.29, 0.717) is 6.42 Å². The van der Waals surface area contributed by atoms with Gasteiger partial charge < -0.3 is 10.2 Å². The molecule has 146 valence electrons. The molecule has 5 heteroatoms. The second-order valence-electron chi connectivity index (χ2n) is 7.14. The summed E-state index contributed by atoms with van der Waals surface area (Å²) < 4.78 is 0. The number of hydrogen-bond acceptors (Lipinski definition) is 3. The standard InChI is InChI=1S/C20H36O4S/c1-3-4-5-6-7-8-9-10-11-12-13-14-15-16(2)17(19(21)22)18(25)20(23)24/h16-17H,3-15H2,1-2H3,(H,21,22)(H,23,24). The minimum atomic E-state index is -1.29. The maximum Gasteiger partial charge on any atom is 0.343 e. The fourth-order valence-electron chi connectivity index (χ4n) is 3.22. The first-order chi connectivity index (χ1) is 11.9. The van der Waals surface area contributed by atoms with Gasteiger partial charge in [0, 0.05) is 0 Å². The number of rotatable bonds is 17. The molecule has 0 rings (SSSR count). The SMILES string of the molecule is CCCCCCCCCCCCCCC(C)C(C(=O)O)C(=S)C(=O)O. The van der Waals surface area contributed by atoms with Gasteiger partial charge in [-0.2, -0.15) is 0 Å². The molecule has 0 saturated heterocycles. The molecule has 4 nitrogen and oxygen atoms in total. The third kappa shape index (κ3) is 12.1. The summed E-state index contributed by atoms with van der Waals surface area (Å²) in [7, 11) is 0. The Kier molecular flexibility index (Phi) is 14.7. The summed E-state index contributed by atoms with van der Waals surface area (Å²) in [5, 5.41) is 18.1. The van der Waals surface area contributed by atoms with Gasteiger partial charge in [0.2, 0.25) is 0 Å². The predicted molar refractivity (Wildman–Crippen MR) is 106 cm³/mol. The van der Waals surface area contributed by atoms with E-state index in [1.165, 1.54) is 64.2 Å². The van der Waals surface area contributed by atoms with Crippen LogP contribution in [-0.2, 0) is 9.59 Å². The number of carbonyl (C=O) groups is 2. The van der Waals surface area contributed by atoms with Crippen molar-refractivity contribution in [1.29, 1.82) is 0 Å². The summed E-state index contributed by atoms with van der Waals surface area (Å²) in [6.45, 7) is 4.02. The minimum absolute atomic E-state index is 0.232. The van der Waals surface area contributed by atoms with E-state index in [-0.39, 0.29) is 10.8 Å². The number of thiocarbonyl (C=S) groups is 1. The van der Waals surface area contributed by atoms with Crippen molar-refractivity contribution in [2.75, 3.05) is 0 Å². The molecule has 0 aromatic carbocycles. The van der Waals surface area contributed by atoms with Crippen LogP contribution in [0.4, 0.5) is 0 Å². The molecule has 0 spiro atoms. The van der Waals surface area contributed by atoms with Gasteiger partial charge in [0.15, 0.2) is 0 Å². The summed E-state index contributed by atoms with van der Waals surface area (Å²) in [6.07, 6.45) is 15.8.